The van der Waals surface area contributed by atoms with Crippen molar-refractivity contribution in [3.05, 3.63) is 0 Å². The number of nitrogens with one attached hydrogen (secondary N) is 1. The van der Waals surface area contributed by atoms with Gasteiger partial charge in [-0.25, -0.2) is 0 Å². The molecule has 2 aliphatic rings. The van der Waals surface area contributed by atoms with Crippen LogP contribution in [0.5, 0.6) is 0 Å². The van der Waals surface area contributed by atoms with E-state index >= 15 is 0 Å². The molecule has 104 valence electrons. The van der Waals surface area contributed by atoms with Gasteiger partial charge < -0.3 is 15.0 Å². The number of hydrogen-bond donors (Lipinski definition) is 1. The van der Waals surface area contributed by atoms with E-state index in [-0.39, 0.29) is 5.91 Å². The van der Waals surface area contributed by atoms with Crippen molar-refractivity contribution in [1.29, 1.82) is 0 Å². The van der Waals surface area contributed by atoms with Crippen molar-refractivity contribution in [2.45, 2.75) is 51.2 Å². The molecule has 1 aliphatic heterocycles. The summed E-state index contributed by atoms with van der Waals surface area (Å²) in [5, 5.41) is 3.42. The Balaban J connectivity index is 1.97. The molecule has 1 saturated heterocycles. The Morgan fingerprint density at radius 2 is 2.11 bits per heavy atom. The van der Waals surface area contributed by atoms with Crippen LogP contribution < -0.4 is 5.32 Å². The summed E-state index contributed by atoms with van der Waals surface area (Å²) in [6.07, 6.45) is 4.78. The highest BCUT2D eigenvalue weighted by molar-refractivity contribution is 5.85. The fraction of sp³-hybridized carbons (Fsp3) is 0.929. The van der Waals surface area contributed by atoms with Crippen molar-refractivity contribution in [2.24, 2.45) is 5.92 Å². The zero-order valence-corrected chi connectivity index (χ0v) is 11.9. The molecule has 0 radical (unpaired) electrons. The van der Waals surface area contributed by atoms with Crippen molar-refractivity contribution in [3.63, 3.8) is 0 Å². The molecule has 1 N–H and O–H groups in total. The smallest absolute Gasteiger partial charge is 0.254 e. The summed E-state index contributed by atoms with van der Waals surface area (Å²) in [5.41, 5.74) is -0.690. The normalized spacial score (nSPS) is 24.9. The van der Waals surface area contributed by atoms with Crippen molar-refractivity contribution in [2.75, 3.05) is 26.7 Å². The molecule has 1 aliphatic carbocycles. The molecule has 4 heteroatoms. The molecular formula is C14H26N2O2. The fourth-order valence-electron chi connectivity index (χ4n) is 2.58. The van der Waals surface area contributed by atoms with Crippen molar-refractivity contribution < 1.29 is 9.53 Å². The number of methoxy groups -OCH3 is 1. The van der Waals surface area contributed by atoms with E-state index in [1.54, 1.807) is 7.11 Å². The lowest BCUT2D eigenvalue weighted by atomic mass is 9.98. The topological polar surface area (TPSA) is 41.6 Å². The number of nitrogens with zero attached hydrogens (tertiary/aromatic N) is 1. The maximum atomic E-state index is 12.5. The third kappa shape index (κ3) is 3.23. The van der Waals surface area contributed by atoms with Gasteiger partial charge in [-0.3, -0.25) is 4.79 Å². The molecule has 1 amide bonds. The zero-order valence-electron chi connectivity index (χ0n) is 11.9. The van der Waals surface area contributed by atoms with Crippen LogP contribution in [0.15, 0.2) is 0 Å². The van der Waals surface area contributed by atoms with Gasteiger partial charge in [-0.2, -0.15) is 0 Å². The number of amides is 1. The van der Waals surface area contributed by atoms with Crippen LogP contribution in [0, 0.1) is 5.92 Å². The van der Waals surface area contributed by atoms with Crippen molar-refractivity contribution in [1.82, 2.24) is 10.2 Å². The second-order valence-electron chi connectivity index (χ2n) is 6.12. The predicted octanol–water partition coefficient (Wildman–Crippen LogP) is 1.40. The molecule has 0 bridgehead atoms. The van der Waals surface area contributed by atoms with Gasteiger partial charge in [-0.15, -0.1) is 0 Å². The average molecular weight is 254 g/mol. The minimum atomic E-state index is -0.690. The van der Waals surface area contributed by atoms with Crippen LogP contribution in [0.1, 0.15) is 39.5 Å². The van der Waals surface area contributed by atoms with Crippen LogP contribution in [-0.4, -0.2) is 49.2 Å². The van der Waals surface area contributed by atoms with Crippen LogP contribution in [0.4, 0.5) is 0 Å². The van der Waals surface area contributed by atoms with Crippen LogP contribution in [0.25, 0.3) is 0 Å². The predicted molar refractivity (Wildman–Crippen MR) is 71.4 cm³/mol. The van der Waals surface area contributed by atoms with Gasteiger partial charge in [0.05, 0.1) is 0 Å². The quantitative estimate of drug-likeness (QED) is 0.806. The van der Waals surface area contributed by atoms with E-state index in [2.05, 4.69) is 10.2 Å². The Morgan fingerprint density at radius 1 is 1.39 bits per heavy atom. The van der Waals surface area contributed by atoms with Gasteiger partial charge in [-0.1, -0.05) is 0 Å². The van der Waals surface area contributed by atoms with E-state index in [1.807, 2.05) is 13.8 Å². The number of piperidine rings is 1. The van der Waals surface area contributed by atoms with Crippen LogP contribution in [0.2, 0.25) is 0 Å². The van der Waals surface area contributed by atoms with Crippen molar-refractivity contribution >= 4 is 5.91 Å². The summed E-state index contributed by atoms with van der Waals surface area (Å²) in [6.45, 7) is 6.79. The zero-order chi connectivity index (χ0) is 13.2. The van der Waals surface area contributed by atoms with Gasteiger partial charge in [0.2, 0.25) is 0 Å². The molecule has 1 unspecified atom stereocenters. The monoisotopic (exact) mass is 254 g/mol. The van der Waals surface area contributed by atoms with Gasteiger partial charge in [0.25, 0.3) is 5.91 Å². The second kappa shape index (κ2) is 5.57. The molecule has 18 heavy (non-hydrogen) atoms. The lowest BCUT2D eigenvalue weighted by Gasteiger charge is -2.35. The minimum Gasteiger partial charge on any atom is -0.369 e. The van der Waals surface area contributed by atoms with Crippen LogP contribution in [-0.2, 0) is 9.53 Å². The summed E-state index contributed by atoms with van der Waals surface area (Å²) in [7, 11) is 1.62. The molecule has 2 rings (SSSR count). The largest absolute Gasteiger partial charge is 0.369 e. The molecule has 0 aromatic carbocycles. The molecule has 0 aromatic heterocycles. The highest BCUT2D eigenvalue weighted by Gasteiger charge is 2.40. The van der Waals surface area contributed by atoms with E-state index in [0.29, 0.717) is 12.0 Å². The first-order chi connectivity index (χ1) is 8.54. The van der Waals surface area contributed by atoms with Crippen molar-refractivity contribution in [3.8, 4) is 0 Å². The standard InChI is InChI=1S/C14H26N2O2/c1-14(2,18-3)13(17)16(12-6-7-12)10-11-5-4-8-15-9-11/h11-12,15H,4-10H2,1-3H3. The van der Waals surface area contributed by atoms with Crippen LogP contribution in [0.3, 0.4) is 0 Å². The first-order valence-corrected chi connectivity index (χ1v) is 7.11. The Kier molecular flexibility index (Phi) is 4.28. The van der Waals surface area contributed by atoms with Gasteiger partial charge >= 0.3 is 0 Å². The molecule has 1 saturated carbocycles. The molecule has 1 heterocycles. The lowest BCUT2D eigenvalue weighted by molar-refractivity contribution is -0.152. The number of rotatable bonds is 5. The van der Waals surface area contributed by atoms with E-state index in [0.717, 1.165) is 32.5 Å². The summed E-state index contributed by atoms with van der Waals surface area (Å²) >= 11 is 0. The number of carbonyl (C=O) groups excluding carboxylic acids is 1. The number of carbonyl (C=O) groups is 1. The first kappa shape index (κ1) is 13.8. The van der Waals surface area contributed by atoms with Gasteiger partial charge in [0, 0.05) is 19.7 Å². The third-order valence-corrected chi connectivity index (χ3v) is 4.13. The maximum absolute atomic E-state index is 12.5. The summed E-state index contributed by atoms with van der Waals surface area (Å²) in [5.74, 6) is 0.758. The van der Waals surface area contributed by atoms with Gasteiger partial charge in [0.15, 0.2) is 0 Å². The lowest BCUT2D eigenvalue weighted by Crippen LogP contribution is -2.50. The SMILES string of the molecule is COC(C)(C)C(=O)N(CC1CCCNC1)C1CC1. The van der Waals surface area contributed by atoms with E-state index < -0.39 is 5.60 Å². The number of hydrogen-bond acceptors (Lipinski definition) is 3. The highest BCUT2D eigenvalue weighted by Crippen LogP contribution is 2.31. The first-order valence-electron chi connectivity index (χ1n) is 7.11. The Hall–Kier alpha value is -0.610. The average Bonchev–Trinajstić information content (AvgIpc) is 3.20. The second-order valence-corrected chi connectivity index (χ2v) is 6.12. The molecular weight excluding hydrogens is 228 g/mol. The number of ether oxygens (including phenoxy) is 1. The Morgan fingerprint density at radius 3 is 2.61 bits per heavy atom. The minimum absolute atomic E-state index is 0.151. The van der Waals surface area contributed by atoms with Crippen LogP contribution >= 0.6 is 0 Å². The van der Waals surface area contributed by atoms with E-state index in [9.17, 15) is 4.79 Å². The molecule has 1 atom stereocenters. The Labute approximate surface area is 110 Å². The molecule has 0 aromatic rings. The van der Waals surface area contributed by atoms with Gasteiger partial charge in [0.1, 0.15) is 5.60 Å². The summed E-state index contributed by atoms with van der Waals surface area (Å²) in [4.78, 5) is 14.6. The molecule has 4 nitrogen and oxygen atoms in total. The molecule has 0 spiro atoms. The van der Waals surface area contributed by atoms with Gasteiger partial charge in [-0.05, 0) is 58.5 Å². The third-order valence-electron chi connectivity index (χ3n) is 4.13. The molecule has 2 fully saturated rings. The van der Waals surface area contributed by atoms with E-state index in [4.69, 9.17) is 4.74 Å². The van der Waals surface area contributed by atoms with E-state index in [1.165, 1.54) is 12.8 Å². The fourth-order valence-corrected chi connectivity index (χ4v) is 2.58. The highest BCUT2D eigenvalue weighted by atomic mass is 16.5. The Bertz CT molecular complexity index is 294. The maximum Gasteiger partial charge on any atom is 0.254 e. The summed E-state index contributed by atoms with van der Waals surface area (Å²) in [6, 6.07) is 0.467. The summed E-state index contributed by atoms with van der Waals surface area (Å²) < 4.78 is 5.34.